The molecule has 3 aromatic rings. The summed E-state index contributed by atoms with van der Waals surface area (Å²) in [5, 5.41) is 0.575. The van der Waals surface area contributed by atoms with E-state index in [1.807, 2.05) is 12.1 Å². The highest BCUT2D eigenvalue weighted by atomic mass is 35.5. The van der Waals surface area contributed by atoms with Crippen LogP contribution in [0.3, 0.4) is 0 Å². The number of pyridine rings is 3. The summed E-state index contributed by atoms with van der Waals surface area (Å²) in [6, 6.07) is 10.7. The van der Waals surface area contributed by atoms with Gasteiger partial charge in [0.1, 0.15) is 18.2 Å². The number of piperidine rings is 1. The fourth-order valence-electron chi connectivity index (χ4n) is 3.69. The van der Waals surface area contributed by atoms with E-state index in [1.165, 1.54) is 25.3 Å². The standard InChI is InChI=1S/C23H25ClN4O2/c1-2-17-7-10-27(11-8-17)22-6-5-20(15-26-22)28-12-9-21(13-23(28)29)30-16-19-4-3-18(24)14-25-19/h3-6,9,12-15,17H,2,7-8,10-11,16H2,1H3. The molecule has 6 nitrogen and oxygen atoms in total. The third-order valence-corrected chi connectivity index (χ3v) is 5.82. The van der Waals surface area contributed by atoms with Crippen molar-refractivity contribution in [2.75, 3.05) is 18.0 Å². The van der Waals surface area contributed by atoms with Gasteiger partial charge in [0, 0.05) is 31.5 Å². The summed E-state index contributed by atoms with van der Waals surface area (Å²) in [5.41, 5.74) is 1.30. The molecule has 7 heteroatoms. The molecule has 0 unspecified atom stereocenters. The van der Waals surface area contributed by atoms with Gasteiger partial charge in [-0.1, -0.05) is 24.9 Å². The minimum Gasteiger partial charge on any atom is -0.487 e. The first-order valence-electron chi connectivity index (χ1n) is 10.3. The Hall–Kier alpha value is -2.86. The van der Waals surface area contributed by atoms with Gasteiger partial charge in [0.05, 0.1) is 22.6 Å². The molecule has 0 radical (unpaired) electrons. The molecular weight excluding hydrogens is 400 g/mol. The molecule has 0 aliphatic carbocycles. The van der Waals surface area contributed by atoms with Crippen molar-refractivity contribution in [3.8, 4) is 11.4 Å². The first-order chi connectivity index (χ1) is 14.6. The maximum absolute atomic E-state index is 12.6. The molecule has 1 aliphatic rings. The minimum atomic E-state index is -0.171. The van der Waals surface area contributed by atoms with Gasteiger partial charge in [-0.05, 0) is 49.1 Å². The van der Waals surface area contributed by atoms with Gasteiger partial charge in [-0.15, -0.1) is 0 Å². The van der Waals surface area contributed by atoms with Gasteiger partial charge in [-0.3, -0.25) is 14.3 Å². The number of nitrogens with zero attached hydrogens (tertiary/aromatic N) is 4. The van der Waals surface area contributed by atoms with Crippen LogP contribution < -0.4 is 15.2 Å². The van der Waals surface area contributed by atoms with E-state index >= 15 is 0 Å². The van der Waals surface area contributed by atoms with E-state index in [0.29, 0.717) is 10.8 Å². The van der Waals surface area contributed by atoms with Gasteiger partial charge in [-0.2, -0.15) is 0 Å². The Kier molecular flexibility index (Phi) is 6.33. The number of rotatable bonds is 6. The van der Waals surface area contributed by atoms with E-state index in [2.05, 4.69) is 21.8 Å². The molecule has 1 fully saturated rings. The Balaban J connectivity index is 1.41. The van der Waals surface area contributed by atoms with Crippen LogP contribution in [-0.4, -0.2) is 27.6 Å². The lowest BCUT2D eigenvalue weighted by Crippen LogP contribution is -2.34. The summed E-state index contributed by atoms with van der Waals surface area (Å²) in [7, 11) is 0. The fraction of sp³-hybridized carbons (Fsp3) is 0.348. The average molecular weight is 425 g/mol. The number of anilines is 1. The molecule has 1 saturated heterocycles. The maximum Gasteiger partial charge on any atom is 0.258 e. The lowest BCUT2D eigenvalue weighted by molar-refractivity contribution is 0.300. The Morgan fingerprint density at radius 2 is 1.93 bits per heavy atom. The summed E-state index contributed by atoms with van der Waals surface area (Å²) < 4.78 is 7.24. The molecule has 0 amide bonds. The van der Waals surface area contributed by atoms with Crippen LogP contribution in [0.1, 0.15) is 31.9 Å². The first-order valence-corrected chi connectivity index (χ1v) is 10.7. The largest absolute Gasteiger partial charge is 0.487 e. The molecule has 4 heterocycles. The second-order valence-electron chi connectivity index (χ2n) is 7.54. The zero-order valence-electron chi connectivity index (χ0n) is 17.0. The first kappa shape index (κ1) is 20.4. The summed E-state index contributed by atoms with van der Waals surface area (Å²) in [6.07, 6.45) is 8.70. The van der Waals surface area contributed by atoms with Crippen LogP contribution in [0.5, 0.6) is 5.75 Å². The van der Waals surface area contributed by atoms with Crippen LogP contribution in [-0.2, 0) is 6.61 Å². The van der Waals surface area contributed by atoms with E-state index in [9.17, 15) is 4.79 Å². The number of aromatic nitrogens is 3. The van der Waals surface area contributed by atoms with Crippen molar-refractivity contribution < 1.29 is 4.74 Å². The lowest BCUT2D eigenvalue weighted by Gasteiger charge is -2.32. The molecule has 0 aromatic carbocycles. The molecule has 4 rings (SSSR count). The minimum absolute atomic E-state index is 0.171. The van der Waals surface area contributed by atoms with Crippen LogP contribution in [0, 0.1) is 5.92 Å². The monoisotopic (exact) mass is 424 g/mol. The van der Waals surface area contributed by atoms with E-state index in [4.69, 9.17) is 16.3 Å². The average Bonchev–Trinajstić information content (AvgIpc) is 2.79. The zero-order chi connectivity index (χ0) is 20.9. The molecule has 3 aromatic heterocycles. The van der Waals surface area contributed by atoms with Crippen molar-refractivity contribution in [3.05, 3.63) is 76.1 Å². The number of hydrogen-bond donors (Lipinski definition) is 0. The third-order valence-electron chi connectivity index (χ3n) is 5.59. The topological polar surface area (TPSA) is 60.2 Å². The summed E-state index contributed by atoms with van der Waals surface area (Å²) in [4.78, 5) is 23.7. The van der Waals surface area contributed by atoms with Gasteiger partial charge < -0.3 is 9.64 Å². The van der Waals surface area contributed by atoms with Crippen molar-refractivity contribution in [2.45, 2.75) is 32.8 Å². The molecular formula is C23H25ClN4O2. The molecule has 30 heavy (non-hydrogen) atoms. The van der Waals surface area contributed by atoms with Crippen LogP contribution in [0.25, 0.3) is 5.69 Å². The smallest absolute Gasteiger partial charge is 0.258 e. The Labute approximate surface area is 181 Å². The Morgan fingerprint density at radius 3 is 2.57 bits per heavy atom. The summed E-state index contributed by atoms with van der Waals surface area (Å²) in [6.45, 7) is 4.61. The van der Waals surface area contributed by atoms with E-state index in [0.717, 1.165) is 36.2 Å². The molecule has 156 valence electrons. The van der Waals surface area contributed by atoms with Crippen LogP contribution >= 0.6 is 11.6 Å². The SMILES string of the molecule is CCC1CCN(c2ccc(-n3ccc(OCc4ccc(Cl)cn4)cc3=O)cn2)CC1. The van der Waals surface area contributed by atoms with Crippen molar-refractivity contribution >= 4 is 17.4 Å². The van der Waals surface area contributed by atoms with Gasteiger partial charge in [0.15, 0.2) is 0 Å². The summed E-state index contributed by atoms with van der Waals surface area (Å²) in [5.74, 6) is 2.29. The van der Waals surface area contributed by atoms with Crippen molar-refractivity contribution in [1.29, 1.82) is 0 Å². The Bertz CT molecular complexity index is 1030. The lowest BCUT2D eigenvalue weighted by atomic mass is 9.94. The Morgan fingerprint density at radius 1 is 1.10 bits per heavy atom. The van der Waals surface area contributed by atoms with Gasteiger partial charge in [-0.25, -0.2) is 4.98 Å². The van der Waals surface area contributed by atoms with Gasteiger partial charge >= 0.3 is 0 Å². The normalized spacial score (nSPS) is 14.7. The second-order valence-corrected chi connectivity index (χ2v) is 7.98. The van der Waals surface area contributed by atoms with E-state index in [1.54, 1.807) is 41.4 Å². The maximum atomic E-state index is 12.6. The summed E-state index contributed by atoms with van der Waals surface area (Å²) >= 11 is 5.84. The highest BCUT2D eigenvalue weighted by Crippen LogP contribution is 2.24. The fourth-order valence-corrected chi connectivity index (χ4v) is 3.80. The molecule has 0 saturated carbocycles. The van der Waals surface area contributed by atoms with E-state index in [-0.39, 0.29) is 12.2 Å². The van der Waals surface area contributed by atoms with Crippen molar-refractivity contribution in [3.63, 3.8) is 0 Å². The number of hydrogen-bond acceptors (Lipinski definition) is 5. The van der Waals surface area contributed by atoms with Crippen LogP contribution in [0.2, 0.25) is 5.02 Å². The van der Waals surface area contributed by atoms with Crippen LogP contribution in [0.15, 0.2) is 59.8 Å². The molecule has 0 bridgehead atoms. The number of halogens is 1. The van der Waals surface area contributed by atoms with Crippen molar-refractivity contribution in [1.82, 2.24) is 14.5 Å². The van der Waals surface area contributed by atoms with Crippen molar-refractivity contribution in [2.24, 2.45) is 5.92 Å². The predicted octanol–water partition coefficient (Wildman–Crippen LogP) is 4.49. The predicted molar refractivity (Wildman–Crippen MR) is 119 cm³/mol. The number of ether oxygens (including phenoxy) is 1. The zero-order valence-corrected chi connectivity index (χ0v) is 17.8. The van der Waals surface area contributed by atoms with Gasteiger partial charge in [0.2, 0.25) is 0 Å². The van der Waals surface area contributed by atoms with Crippen LogP contribution in [0.4, 0.5) is 5.82 Å². The highest BCUT2D eigenvalue weighted by molar-refractivity contribution is 6.30. The molecule has 0 spiro atoms. The quantitative estimate of drug-likeness (QED) is 0.583. The third kappa shape index (κ3) is 4.82. The second kappa shape index (κ2) is 9.30. The van der Waals surface area contributed by atoms with Gasteiger partial charge in [0.25, 0.3) is 5.56 Å². The molecule has 0 atom stereocenters. The highest BCUT2D eigenvalue weighted by Gasteiger charge is 2.18. The molecule has 1 aliphatic heterocycles. The molecule has 0 N–H and O–H groups in total. The van der Waals surface area contributed by atoms with E-state index < -0.39 is 0 Å².